The molecule has 1 heteroatoms. The third-order valence-corrected chi connectivity index (χ3v) is 1.28. The van der Waals surface area contributed by atoms with Crippen LogP contribution in [0.3, 0.4) is 0 Å². The minimum absolute atomic E-state index is 0.333. The zero-order valence-corrected chi connectivity index (χ0v) is 6.55. The first-order chi connectivity index (χ1) is 4.35. The van der Waals surface area contributed by atoms with Gasteiger partial charge in [-0.2, -0.15) is 0 Å². The molecular formula is C8H16O. The Morgan fingerprint density at radius 1 is 1.56 bits per heavy atom. The van der Waals surface area contributed by atoms with E-state index in [1.165, 1.54) is 6.42 Å². The van der Waals surface area contributed by atoms with Crippen LogP contribution in [0.1, 0.15) is 26.7 Å². The van der Waals surface area contributed by atoms with E-state index in [-0.39, 0.29) is 0 Å². The van der Waals surface area contributed by atoms with E-state index in [4.69, 9.17) is 4.74 Å². The van der Waals surface area contributed by atoms with Gasteiger partial charge in [0.05, 0.1) is 6.10 Å². The van der Waals surface area contributed by atoms with Crippen LogP contribution >= 0.6 is 0 Å². The highest BCUT2D eigenvalue weighted by molar-refractivity contribution is 4.85. The molecule has 0 aromatic rings. The van der Waals surface area contributed by atoms with Crippen LogP contribution in [0.4, 0.5) is 0 Å². The van der Waals surface area contributed by atoms with Crippen molar-refractivity contribution in [1.29, 1.82) is 0 Å². The summed E-state index contributed by atoms with van der Waals surface area (Å²) in [6, 6.07) is 0. The van der Waals surface area contributed by atoms with E-state index < -0.39 is 0 Å². The molecule has 1 atom stereocenters. The predicted molar refractivity (Wildman–Crippen MR) is 40.5 cm³/mol. The topological polar surface area (TPSA) is 9.23 Å². The highest BCUT2D eigenvalue weighted by Crippen LogP contribution is 2.01. The highest BCUT2D eigenvalue weighted by atomic mass is 16.5. The van der Waals surface area contributed by atoms with Crippen molar-refractivity contribution in [3.8, 4) is 0 Å². The van der Waals surface area contributed by atoms with Crippen molar-refractivity contribution < 1.29 is 4.74 Å². The van der Waals surface area contributed by atoms with E-state index >= 15 is 0 Å². The maximum atomic E-state index is 5.14. The lowest BCUT2D eigenvalue weighted by Crippen LogP contribution is -2.04. The first-order valence-electron chi connectivity index (χ1n) is 3.50. The Labute approximate surface area is 57.7 Å². The molecule has 54 valence electrons. The number of hydrogen-bond acceptors (Lipinski definition) is 1. The summed E-state index contributed by atoms with van der Waals surface area (Å²) in [5, 5.41) is 0. The Hall–Kier alpha value is -0.300. The highest BCUT2D eigenvalue weighted by Gasteiger charge is 1.97. The lowest BCUT2D eigenvalue weighted by Gasteiger charge is -2.07. The van der Waals surface area contributed by atoms with Gasteiger partial charge in [-0.1, -0.05) is 25.5 Å². The summed E-state index contributed by atoms with van der Waals surface area (Å²) in [7, 11) is 1.75. The second-order valence-corrected chi connectivity index (χ2v) is 2.09. The predicted octanol–water partition coefficient (Wildman–Crippen LogP) is 2.38. The minimum atomic E-state index is 0.333. The SMILES string of the molecule is C/C=C\C(CCC)OC. The number of methoxy groups -OCH3 is 1. The van der Waals surface area contributed by atoms with Gasteiger partial charge in [0.25, 0.3) is 0 Å². The number of ether oxygens (including phenoxy) is 1. The van der Waals surface area contributed by atoms with Gasteiger partial charge in [-0.15, -0.1) is 0 Å². The van der Waals surface area contributed by atoms with Crippen molar-refractivity contribution in [2.24, 2.45) is 0 Å². The second kappa shape index (κ2) is 5.83. The first kappa shape index (κ1) is 8.70. The minimum Gasteiger partial charge on any atom is -0.377 e. The maximum absolute atomic E-state index is 5.14. The molecule has 0 radical (unpaired) electrons. The van der Waals surface area contributed by atoms with Gasteiger partial charge in [-0.25, -0.2) is 0 Å². The maximum Gasteiger partial charge on any atom is 0.0751 e. The Kier molecular flexibility index (Phi) is 5.64. The normalized spacial score (nSPS) is 14.6. The molecule has 0 saturated heterocycles. The van der Waals surface area contributed by atoms with Crippen molar-refractivity contribution in [2.45, 2.75) is 32.8 Å². The molecule has 9 heavy (non-hydrogen) atoms. The van der Waals surface area contributed by atoms with Gasteiger partial charge in [0.2, 0.25) is 0 Å². The van der Waals surface area contributed by atoms with Crippen molar-refractivity contribution in [1.82, 2.24) is 0 Å². The molecule has 0 aliphatic rings. The van der Waals surface area contributed by atoms with Gasteiger partial charge in [-0.05, 0) is 13.3 Å². The fraction of sp³-hybridized carbons (Fsp3) is 0.750. The fourth-order valence-electron chi connectivity index (χ4n) is 0.792. The molecule has 0 aliphatic heterocycles. The van der Waals surface area contributed by atoms with Crippen LogP contribution in [0.25, 0.3) is 0 Å². The molecule has 1 unspecified atom stereocenters. The summed E-state index contributed by atoms with van der Waals surface area (Å²) < 4.78 is 5.14. The lowest BCUT2D eigenvalue weighted by molar-refractivity contribution is 0.133. The van der Waals surface area contributed by atoms with E-state index in [9.17, 15) is 0 Å². The zero-order chi connectivity index (χ0) is 7.11. The molecule has 0 spiro atoms. The Bertz CT molecular complexity index is 76.6. The lowest BCUT2D eigenvalue weighted by atomic mass is 10.2. The molecule has 0 bridgehead atoms. The Morgan fingerprint density at radius 3 is 2.56 bits per heavy atom. The standard InChI is InChI=1S/C8H16O/c1-4-6-8(9-3)7-5-2/h4,6,8H,5,7H2,1-3H3/b6-4-. The molecular weight excluding hydrogens is 112 g/mol. The molecule has 0 heterocycles. The zero-order valence-electron chi connectivity index (χ0n) is 6.55. The van der Waals surface area contributed by atoms with E-state index in [1.807, 2.05) is 13.0 Å². The molecule has 0 aromatic heterocycles. The summed E-state index contributed by atoms with van der Waals surface area (Å²) in [5.41, 5.74) is 0. The molecule has 0 aromatic carbocycles. The quantitative estimate of drug-likeness (QED) is 0.528. The number of hydrogen-bond donors (Lipinski definition) is 0. The summed E-state index contributed by atoms with van der Waals surface area (Å²) in [6.07, 6.45) is 6.76. The molecule has 0 amide bonds. The van der Waals surface area contributed by atoms with E-state index in [0.717, 1.165) is 6.42 Å². The summed E-state index contributed by atoms with van der Waals surface area (Å²) in [4.78, 5) is 0. The van der Waals surface area contributed by atoms with Gasteiger partial charge >= 0.3 is 0 Å². The molecule has 0 rings (SSSR count). The Morgan fingerprint density at radius 2 is 2.22 bits per heavy atom. The number of rotatable bonds is 4. The van der Waals surface area contributed by atoms with Crippen molar-refractivity contribution in [2.75, 3.05) is 7.11 Å². The van der Waals surface area contributed by atoms with Crippen LogP contribution in [0, 0.1) is 0 Å². The monoisotopic (exact) mass is 128 g/mol. The van der Waals surface area contributed by atoms with E-state index in [0.29, 0.717) is 6.10 Å². The molecule has 1 nitrogen and oxygen atoms in total. The summed E-state index contributed by atoms with van der Waals surface area (Å²) >= 11 is 0. The van der Waals surface area contributed by atoms with Crippen LogP contribution in [0.5, 0.6) is 0 Å². The third kappa shape index (κ3) is 4.22. The largest absolute Gasteiger partial charge is 0.377 e. The van der Waals surface area contributed by atoms with Crippen LogP contribution in [0.15, 0.2) is 12.2 Å². The average Bonchev–Trinajstić information content (AvgIpc) is 1.88. The van der Waals surface area contributed by atoms with Crippen molar-refractivity contribution >= 4 is 0 Å². The Balaban J connectivity index is 3.41. The molecule has 0 fully saturated rings. The summed E-state index contributed by atoms with van der Waals surface area (Å²) in [5.74, 6) is 0. The van der Waals surface area contributed by atoms with Crippen LogP contribution in [-0.2, 0) is 4.74 Å². The van der Waals surface area contributed by atoms with Crippen LogP contribution in [-0.4, -0.2) is 13.2 Å². The van der Waals surface area contributed by atoms with Gasteiger partial charge in [0, 0.05) is 7.11 Å². The molecule has 0 aliphatic carbocycles. The number of allylic oxidation sites excluding steroid dienone is 1. The third-order valence-electron chi connectivity index (χ3n) is 1.28. The van der Waals surface area contributed by atoms with Gasteiger partial charge in [0.15, 0.2) is 0 Å². The first-order valence-corrected chi connectivity index (χ1v) is 3.50. The van der Waals surface area contributed by atoms with Crippen molar-refractivity contribution in [3.63, 3.8) is 0 Å². The van der Waals surface area contributed by atoms with Crippen molar-refractivity contribution in [3.05, 3.63) is 12.2 Å². The fourth-order valence-corrected chi connectivity index (χ4v) is 0.792. The van der Waals surface area contributed by atoms with E-state index in [2.05, 4.69) is 13.0 Å². The summed E-state index contributed by atoms with van der Waals surface area (Å²) in [6.45, 7) is 4.18. The van der Waals surface area contributed by atoms with Gasteiger partial charge in [0.1, 0.15) is 0 Å². The second-order valence-electron chi connectivity index (χ2n) is 2.09. The molecule has 0 N–H and O–H groups in total. The van der Waals surface area contributed by atoms with Gasteiger partial charge < -0.3 is 4.74 Å². The van der Waals surface area contributed by atoms with E-state index in [1.54, 1.807) is 7.11 Å². The average molecular weight is 128 g/mol. The van der Waals surface area contributed by atoms with Crippen LogP contribution < -0.4 is 0 Å². The smallest absolute Gasteiger partial charge is 0.0751 e. The van der Waals surface area contributed by atoms with Gasteiger partial charge in [-0.3, -0.25) is 0 Å². The van der Waals surface area contributed by atoms with Crippen LogP contribution in [0.2, 0.25) is 0 Å². The molecule has 0 saturated carbocycles.